The van der Waals surface area contributed by atoms with Crippen LogP contribution in [-0.4, -0.2) is 39.8 Å². The number of carbonyl (C=O) groups is 1. The first-order chi connectivity index (χ1) is 9.54. The molecule has 7 nitrogen and oxygen atoms in total. The van der Waals surface area contributed by atoms with Gasteiger partial charge < -0.3 is 15.6 Å². The van der Waals surface area contributed by atoms with Crippen LogP contribution in [0.15, 0.2) is 12.3 Å². The molecule has 1 aromatic heterocycles. The Morgan fingerprint density at radius 1 is 1.40 bits per heavy atom. The molecule has 2 fully saturated rings. The lowest BCUT2D eigenvalue weighted by Crippen LogP contribution is -2.32. The summed E-state index contributed by atoms with van der Waals surface area (Å²) in [6.45, 7) is 1.45. The second kappa shape index (κ2) is 4.90. The van der Waals surface area contributed by atoms with E-state index < -0.39 is 4.92 Å². The summed E-state index contributed by atoms with van der Waals surface area (Å²) in [4.78, 5) is 27.0. The zero-order valence-corrected chi connectivity index (χ0v) is 11.1. The van der Waals surface area contributed by atoms with Gasteiger partial charge in [0.05, 0.1) is 11.1 Å². The third-order valence-corrected chi connectivity index (χ3v) is 4.49. The summed E-state index contributed by atoms with van der Waals surface area (Å²) in [5.41, 5.74) is 6.19. The van der Waals surface area contributed by atoms with E-state index in [1.807, 2.05) is 0 Å². The van der Waals surface area contributed by atoms with Crippen LogP contribution < -0.4 is 5.73 Å². The standard InChI is InChI=1S/C13H18N4O3/c14-10-2-1-8-6-16(7-9(8)3-10)13(18)12-4-11(5-15-12)17(19)20/h4-5,8-10,15H,1-3,6-7,14H2/t8-,9+,10?/m1/s1. The van der Waals surface area contributed by atoms with E-state index >= 15 is 0 Å². The highest BCUT2D eigenvalue weighted by molar-refractivity contribution is 5.93. The van der Waals surface area contributed by atoms with Crippen molar-refractivity contribution in [1.29, 1.82) is 0 Å². The van der Waals surface area contributed by atoms with Crippen LogP contribution in [0.2, 0.25) is 0 Å². The molecular weight excluding hydrogens is 260 g/mol. The molecule has 3 atom stereocenters. The van der Waals surface area contributed by atoms with E-state index in [4.69, 9.17) is 5.73 Å². The SMILES string of the molecule is NC1CC[C@@H]2CN(C(=O)c3cc([N+](=O)[O-])c[nH]3)C[C@@H]2C1. The topological polar surface area (TPSA) is 105 Å². The Balaban J connectivity index is 1.70. The fourth-order valence-corrected chi connectivity index (χ4v) is 3.42. The van der Waals surface area contributed by atoms with Gasteiger partial charge in [0, 0.05) is 25.2 Å². The molecule has 3 N–H and O–H groups in total. The molecule has 2 aliphatic rings. The molecule has 1 unspecified atom stereocenters. The summed E-state index contributed by atoms with van der Waals surface area (Å²) in [6, 6.07) is 1.55. The number of aromatic amines is 1. The average Bonchev–Trinajstić information content (AvgIpc) is 3.03. The monoisotopic (exact) mass is 278 g/mol. The van der Waals surface area contributed by atoms with Gasteiger partial charge in [0.15, 0.2) is 0 Å². The predicted octanol–water partition coefficient (Wildman–Crippen LogP) is 1.12. The molecule has 1 aromatic rings. The lowest BCUT2D eigenvalue weighted by atomic mass is 9.79. The van der Waals surface area contributed by atoms with E-state index in [-0.39, 0.29) is 17.6 Å². The second-order valence-electron chi connectivity index (χ2n) is 5.83. The number of nitro groups is 1. The van der Waals surface area contributed by atoms with Crippen LogP contribution in [0.1, 0.15) is 29.8 Å². The summed E-state index contributed by atoms with van der Waals surface area (Å²) < 4.78 is 0. The summed E-state index contributed by atoms with van der Waals surface area (Å²) in [5.74, 6) is 0.859. The number of hydrogen-bond acceptors (Lipinski definition) is 4. The molecule has 1 saturated heterocycles. The van der Waals surface area contributed by atoms with E-state index in [0.29, 0.717) is 24.1 Å². The van der Waals surface area contributed by atoms with Gasteiger partial charge in [-0.25, -0.2) is 0 Å². The van der Waals surface area contributed by atoms with Crippen molar-refractivity contribution in [2.75, 3.05) is 13.1 Å². The van der Waals surface area contributed by atoms with Crippen molar-refractivity contribution in [3.63, 3.8) is 0 Å². The highest BCUT2D eigenvalue weighted by Crippen LogP contribution is 2.36. The maximum Gasteiger partial charge on any atom is 0.287 e. The predicted molar refractivity (Wildman–Crippen MR) is 72.2 cm³/mol. The minimum Gasteiger partial charge on any atom is -0.351 e. The van der Waals surface area contributed by atoms with Gasteiger partial charge in [-0.05, 0) is 31.1 Å². The molecule has 7 heteroatoms. The number of rotatable bonds is 2. The van der Waals surface area contributed by atoms with Gasteiger partial charge in [0.25, 0.3) is 11.6 Å². The zero-order valence-electron chi connectivity index (χ0n) is 11.1. The molecule has 0 spiro atoms. The second-order valence-corrected chi connectivity index (χ2v) is 5.83. The number of nitrogens with zero attached hydrogens (tertiary/aromatic N) is 2. The van der Waals surface area contributed by atoms with Crippen LogP contribution in [0.3, 0.4) is 0 Å². The molecule has 1 aliphatic carbocycles. The van der Waals surface area contributed by atoms with Gasteiger partial charge in [-0.15, -0.1) is 0 Å². The van der Waals surface area contributed by atoms with Gasteiger partial charge in [-0.3, -0.25) is 14.9 Å². The van der Waals surface area contributed by atoms with Gasteiger partial charge >= 0.3 is 0 Å². The van der Waals surface area contributed by atoms with E-state index in [1.54, 1.807) is 4.90 Å². The van der Waals surface area contributed by atoms with Crippen molar-refractivity contribution < 1.29 is 9.72 Å². The Morgan fingerprint density at radius 2 is 2.15 bits per heavy atom. The third-order valence-electron chi connectivity index (χ3n) is 4.49. The molecule has 0 radical (unpaired) electrons. The van der Waals surface area contributed by atoms with Crippen molar-refractivity contribution in [1.82, 2.24) is 9.88 Å². The van der Waals surface area contributed by atoms with Crippen LogP contribution in [0.5, 0.6) is 0 Å². The van der Waals surface area contributed by atoms with Crippen LogP contribution in [-0.2, 0) is 0 Å². The fraction of sp³-hybridized carbons (Fsp3) is 0.615. The summed E-state index contributed by atoms with van der Waals surface area (Å²) in [7, 11) is 0. The maximum atomic E-state index is 12.3. The number of fused-ring (bicyclic) bond motifs is 1. The van der Waals surface area contributed by atoms with Crippen molar-refractivity contribution in [2.45, 2.75) is 25.3 Å². The summed E-state index contributed by atoms with van der Waals surface area (Å²) in [6.07, 6.45) is 4.32. The highest BCUT2D eigenvalue weighted by Gasteiger charge is 2.39. The van der Waals surface area contributed by atoms with Crippen molar-refractivity contribution >= 4 is 11.6 Å². The van der Waals surface area contributed by atoms with Gasteiger partial charge in [0.2, 0.25) is 0 Å². The quantitative estimate of drug-likeness (QED) is 0.624. The Morgan fingerprint density at radius 3 is 2.85 bits per heavy atom. The number of hydrogen-bond donors (Lipinski definition) is 2. The van der Waals surface area contributed by atoms with Crippen LogP contribution >= 0.6 is 0 Å². The van der Waals surface area contributed by atoms with Crippen LogP contribution in [0.25, 0.3) is 0 Å². The minimum absolute atomic E-state index is 0.0769. The van der Waals surface area contributed by atoms with Crippen molar-refractivity contribution in [3.8, 4) is 0 Å². The molecule has 108 valence electrons. The molecule has 0 aromatic carbocycles. The number of aromatic nitrogens is 1. The van der Waals surface area contributed by atoms with E-state index in [2.05, 4.69) is 4.98 Å². The Labute approximate surface area is 116 Å². The first-order valence-electron chi connectivity index (χ1n) is 6.92. The molecule has 3 rings (SSSR count). The lowest BCUT2D eigenvalue weighted by molar-refractivity contribution is -0.384. The first-order valence-corrected chi connectivity index (χ1v) is 6.92. The number of nitrogens with one attached hydrogen (secondary N) is 1. The number of nitrogens with two attached hydrogens (primary N) is 1. The Kier molecular flexibility index (Phi) is 3.21. The fourth-order valence-electron chi connectivity index (χ4n) is 3.42. The van der Waals surface area contributed by atoms with E-state index in [0.717, 1.165) is 25.8 Å². The molecule has 0 bridgehead atoms. The zero-order chi connectivity index (χ0) is 14.3. The smallest absolute Gasteiger partial charge is 0.287 e. The van der Waals surface area contributed by atoms with Crippen molar-refractivity contribution in [2.24, 2.45) is 17.6 Å². The maximum absolute atomic E-state index is 12.3. The summed E-state index contributed by atoms with van der Waals surface area (Å²) in [5, 5.41) is 10.6. The first kappa shape index (κ1) is 13.1. The highest BCUT2D eigenvalue weighted by atomic mass is 16.6. The van der Waals surface area contributed by atoms with Gasteiger partial charge in [-0.2, -0.15) is 0 Å². The van der Waals surface area contributed by atoms with Crippen LogP contribution in [0.4, 0.5) is 5.69 Å². The number of likely N-dealkylation sites (tertiary alicyclic amines) is 1. The lowest BCUT2D eigenvalue weighted by Gasteiger charge is -2.27. The number of H-pyrrole nitrogens is 1. The Bertz CT molecular complexity index is 541. The minimum atomic E-state index is -0.504. The average molecular weight is 278 g/mol. The number of amides is 1. The molecular formula is C13H18N4O3. The molecule has 1 saturated carbocycles. The normalized spacial score (nSPS) is 29.2. The molecule has 20 heavy (non-hydrogen) atoms. The van der Waals surface area contributed by atoms with Gasteiger partial charge in [-0.1, -0.05) is 0 Å². The largest absolute Gasteiger partial charge is 0.351 e. The molecule has 2 heterocycles. The summed E-state index contributed by atoms with van der Waals surface area (Å²) >= 11 is 0. The van der Waals surface area contributed by atoms with E-state index in [9.17, 15) is 14.9 Å². The van der Waals surface area contributed by atoms with Crippen LogP contribution in [0, 0.1) is 22.0 Å². The molecule has 1 amide bonds. The number of carbonyl (C=O) groups excluding carboxylic acids is 1. The molecule has 1 aliphatic heterocycles. The van der Waals surface area contributed by atoms with Gasteiger partial charge in [0.1, 0.15) is 5.69 Å². The third kappa shape index (κ3) is 2.29. The van der Waals surface area contributed by atoms with Crippen molar-refractivity contribution in [3.05, 3.63) is 28.1 Å². The Hall–Kier alpha value is -1.89. The van der Waals surface area contributed by atoms with E-state index in [1.165, 1.54) is 12.3 Å².